The van der Waals surface area contributed by atoms with E-state index in [0.29, 0.717) is 17.0 Å². The summed E-state index contributed by atoms with van der Waals surface area (Å²) in [6, 6.07) is 7.03. The molecule has 9 nitrogen and oxygen atoms in total. The minimum absolute atomic E-state index is 0.0489. The predicted molar refractivity (Wildman–Crippen MR) is 108 cm³/mol. The third-order valence-corrected chi connectivity index (χ3v) is 6.06. The highest BCUT2D eigenvalue weighted by Crippen LogP contribution is 2.26. The molecule has 10 heteroatoms. The highest BCUT2D eigenvalue weighted by molar-refractivity contribution is 7.89. The number of carbonyl (C=O) groups excluding carboxylic acids is 1. The zero-order chi connectivity index (χ0) is 21.9. The van der Waals surface area contributed by atoms with E-state index in [1.54, 1.807) is 31.5 Å². The third-order valence-electron chi connectivity index (χ3n) is 4.46. The summed E-state index contributed by atoms with van der Waals surface area (Å²) in [4.78, 5) is 20.1. The minimum Gasteiger partial charge on any atom is -0.465 e. The fraction of sp³-hybridized carbons (Fsp3) is 0.300. The predicted octanol–water partition coefficient (Wildman–Crippen LogP) is 2.90. The van der Waals surface area contributed by atoms with Gasteiger partial charge in [-0.2, -0.15) is 9.71 Å². The van der Waals surface area contributed by atoms with Gasteiger partial charge in [-0.05, 0) is 48.7 Å². The van der Waals surface area contributed by atoms with Gasteiger partial charge in [0, 0.05) is 18.0 Å². The van der Waals surface area contributed by atoms with Gasteiger partial charge < -0.3 is 9.26 Å². The van der Waals surface area contributed by atoms with Crippen LogP contribution in [-0.2, 0) is 14.8 Å². The van der Waals surface area contributed by atoms with Crippen LogP contribution in [0, 0.1) is 12.8 Å². The van der Waals surface area contributed by atoms with E-state index in [9.17, 15) is 13.2 Å². The zero-order valence-electron chi connectivity index (χ0n) is 17.0. The Morgan fingerprint density at radius 2 is 2.00 bits per heavy atom. The molecule has 2 aromatic heterocycles. The molecule has 3 aromatic rings. The smallest absolute Gasteiger partial charge is 0.337 e. The summed E-state index contributed by atoms with van der Waals surface area (Å²) in [5, 5.41) is 3.94. The van der Waals surface area contributed by atoms with Crippen LogP contribution < -0.4 is 4.72 Å². The van der Waals surface area contributed by atoms with Gasteiger partial charge in [0.25, 0.3) is 0 Å². The number of esters is 1. The van der Waals surface area contributed by atoms with Crippen molar-refractivity contribution < 1.29 is 22.5 Å². The number of carbonyl (C=O) groups is 1. The van der Waals surface area contributed by atoms with Gasteiger partial charge in [0.1, 0.15) is 6.04 Å². The van der Waals surface area contributed by atoms with E-state index in [4.69, 9.17) is 4.52 Å². The molecule has 1 N–H and O–H groups in total. The van der Waals surface area contributed by atoms with E-state index in [0.717, 1.165) is 0 Å². The van der Waals surface area contributed by atoms with Gasteiger partial charge >= 0.3 is 5.97 Å². The Morgan fingerprint density at radius 3 is 2.60 bits per heavy atom. The van der Waals surface area contributed by atoms with Gasteiger partial charge in [0.05, 0.1) is 17.6 Å². The number of methoxy groups -OCH3 is 1. The fourth-order valence-corrected chi connectivity index (χ4v) is 4.44. The number of pyridine rings is 1. The number of ether oxygens (including phenoxy) is 1. The van der Waals surface area contributed by atoms with Crippen molar-refractivity contribution >= 4 is 16.0 Å². The summed E-state index contributed by atoms with van der Waals surface area (Å²) in [5.41, 5.74) is 1.34. The maximum absolute atomic E-state index is 13.0. The van der Waals surface area contributed by atoms with Gasteiger partial charge in [0.2, 0.25) is 21.7 Å². The number of sulfonamides is 1. The Bertz CT molecular complexity index is 1140. The van der Waals surface area contributed by atoms with E-state index >= 15 is 0 Å². The summed E-state index contributed by atoms with van der Waals surface area (Å²) in [5.74, 6) is -0.238. The van der Waals surface area contributed by atoms with E-state index in [2.05, 4.69) is 24.6 Å². The van der Waals surface area contributed by atoms with Crippen LogP contribution in [0.3, 0.4) is 0 Å². The van der Waals surface area contributed by atoms with Crippen LogP contribution in [0.5, 0.6) is 0 Å². The number of hydrogen-bond acceptors (Lipinski definition) is 8. The molecule has 1 unspecified atom stereocenters. The Labute approximate surface area is 174 Å². The number of rotatable bonds is 7. The van der Waals surface area contributed by atoms with Crippen molar-refractivity contribution in [3.8, 4) is 11.4 Å². The lowest BCUT2D eigenvalue weighted by molar-refractivity contribution is 0.0600. The van der Waals surface area contributed by atoms with Crippen molar-refractivity contribution in [2.24, 2.45) is 5.92 Å². The van der Waals surface area contributed by atoms with Gasteiger partial charge in [-0.3, -0.25) is 4.98 Å². The molecule has 0 aliphatic rings. The summed E-state index contributed by atoms with van der Waals surface area (Å²) >= 11 is 0. The monoisotopic (exact) mass is 430 g/mol. The molecule has 0 amide bonds. The maximum Gasteiger partial charge on any atom is 0.337 e. The van der Waals surface area contributed by atoms with Crippen LogP contribution in [0.4, 0.5) is 0 Å². The number of nitrogens with zero attached hydrogens (tertiary/aromatic N) is 3. The average Bonchev–Trinajstić information content (AvgIpc) is 3.21. The lowest BCUT2D eigenvalue weighted by Gasteiger charge is -2.19. The number of benzene rings is 1. The first-order valence-corrected chi connectivity index (χ1v) is 10.7. The van der Waals surface area contributed by atoms with Crippen LogP contribution in [0.25, 0.3) is 11.4 Å². The first-order valence-electron chi connectivity index (χ1n) is 9.18. The van der Waals surface area contributed by atoms with Gasteiger partial charge in [-0.1, -0.05) is 19.0 Å². The highest BCUT2D eigenvalue weighted by atomic mass is 32.2. The molecule has 0 fully saturated rings. The molecule has 0 spiro atoms. The first kappa shape index (κ1) is 21.6. The fourth-order valence-electron chi connectivity index (χ4n) is 2.87. The Hall–Kier alpha value is -3.11. The largest absolute Gasteiger partial charge is 0.465 e. The van der Waals surface area contributed by atoms with Crippen molar-refractivity contribution in [2.45, 2.75) is 31.7 Å². The van der Waals surface area contributed by atoms with Crippen molar-refractivity contribution in [1.82, 2.24) is 19.8 Å². The second-order valence-corrected chi connectivity index (χ2v) is 8.70. The van der Waals surface area contributed by atoms with Crippen molar-refractivity contribution in [3.63, 3.8) is 0 Å². The van der Waals surface area contributed by atoms with Crippen molar-refractivity contribution in [3.05, 3.63) is 59.7 Å². The van der Waals surface area contributed by atoms with E-state index in [1.165, 1.54) is 25.3 Å². The molecule has 0 saturated heterocycles. The van der Waals surface area contributed by atoms with E-state index < -0.39 is 22.0 Å². The molecule has 0 bridgehead atoms. The van der Waals surface area contributed by atoms with Gasteiger partial charge in [-0.25, -0.2) is 13.2 Å². The number of hydrogen-bond donors (Lipinski definition) is 1. The molecule has 0 aliphatic heterocycles. The Balaban J connectivity index is 1.90. The molecule has 0 radical (unpaired) electrons. The van der Waals surface area contributed by atoms with Crippen LogP contribution in [0.15, 0.2) is 52.1 Å². The summed E-state index contributed by atoms with van der Waals surface area (Å²) < 4.78 is 38.7. The summed E-state index contributed by atoms with van der Waals surface area (Å²) in [7, 11) is -2.66. The van der Waals surface area contributed by atoms with Gasteiger partial charge in [-0.15, -0.1) is 0 Å². The van der Waals surface area contributed by atoms with Crippen LogP contribution in [0.1, 0.15) is 41.7 Å². The summed E-state index contributed by atoms with van der Waals surface area (Å²) in [6.45, 7) is 5.29. The van der Waals surface area contributed by atoms with Crippen molar-refractivity contribution in [1.29, 1.82) is 0 Å². The molecule has 1 atom stereocenters. The van der Waals surface area contributed by atoms with Crippen molar-refractivity contribution in [2.75, 3.05) is 7.11 Å². The Morgan fingerprint density at radius 1 is 1.23 bits per heavy atom. The molecule has 1 aromatic carbocycles. The van der Waals surface area contributed by atoms with Crippen LogP contribution in [-0.4, -0.2) is 36.6 Å². The lowest BCUT2D eigenvalue weighted by Crippen LogP contribution is -2.32. The van der Waals surface area contributed by atoms with Gasteiger partial charge in [0.15, 0.2) is 0 Å². The second-order valence-electron chi connectivity index (χ2n) is 7.01. The standard InChI is InChI=1S/C20H22N4O5S/c1-12(2)17(19-22-18(23-29-19)15-6-5-9-21-11-15)24-30(26,27)16-8-7-14(10-13(16)3)20(25)28-4/h5-12,17,24H,1-4H3. The minimum atomic E-state index is -3.93. The average molecular weight is 430 g/mol. The van der Waals surface area contributed by atoms with E-state index in [1.807, 2.05) is 13.8 Å². The first-order chi connectivity index (χ1) is 14.2. The third kappa shape index (κ3) is 4.55. The van der Waals surface area contributed by atoms with Crippen LogP contribution >= 0.6 is 0 Å². The molecule has 30 heavy (non-hydrogen) atoms. The number of aromatic nitrogens is 3. The Kier molecular flexibility index (Phi) is 6.28. The quantitative estimate of drug-likeness (QED) is 0.567. The zero-order valence-corrected chi connectivity index (χ0v) is 17.8. The molecule has 2 heterocycles. The lowest BCUT2D eigenvalue weighted by atomic mass is 10.1. The normalized spacial score (nSPS) is 12.7. The molecule has 3 rings (SSSR count). The SMILES string of the molecule is COC(=O)c1ccc(S(=O)(=O)NC(c2nc(-c3cccnc3)no2)C(C)C)c(C)c1. The second kappa shape index (κ2) is 8.72. The molecular weight excluding hydrogens is 408 g/mol. The number of aryl methyl sites for hydroxylation is 1. The highest BCUT2D eigenvalue weighted by Gasteiger charge is 2.30. The maximum atomic E-state index is 13.0. The molecular formula is C20H22N4O5S. The molecule has 158 valence electrons. The topological polar surface area (TPSA) is 124 Å². The number of nitrogens with one attached hydrogen (secondary N) is 1. The molecule has 0 aliphatic carbocycles. The van der Waals surface area contributed by atoms with Crippen LogP contribution in [0.2, 0.25) is 0 Å². The van der Waals surface area contributed by atoms with E-state index in [-0.39, 0.29) is 22.3 Å². The molecule has 0 saturated carbocycles. The summed E-state index contributed by atoms with van der Waals surface area (Å²) in [6.07, 6.45) is 3.22.